The molecule has 0 atom stereocenters. The number of benzene rings is 1. The maximum absolute atomic E-state index is 12.5. The number of aromatic carboxylic acids is 1. The van der Waals surface area contributed by atoms with Crippen LogP contribution in [0.2, 0.25) is 0 Å². The van der Waals surface area contributed by atoms with Gasteiger partial charge in [-0.25, -0.2) is 4.79 Å². The first-order chi connectivity index (χ1) is 13.0. The van der Waals surface area contributed by atoms with E-state index in [0.717, 1.165) is 6.42 Å². The molecule has 1 heterocycles. The van der Waals surface area contributed by atoms with Crippen LogP contribution in [0.4, 0.5) is 0 Å². The zero-order valence-corrected chi connectivity index (χ0v) is 15.8. The Hall–Kier alpha value is -2.41. The van der Waals surface area contributed by atoms with E-state index in [-0.39, 0.29) is 29.7 Å². The number of carboxylic acid groups (broad SMARTS) is 1. The highest BCUT2D eigenvalue weighted by Gasteiger charge is 2.27. The quantitative estimate of drug-likeness (QED) is 0.640. The van der Waals surface area contributed by atoms with Crippen molar-refractivity contribution < 1.29 is 24.2 Å². The molecule has 7 heteroatoms. The zero-order valence-electron chi connectivity index (χ0n) is 15.8. The van der Waals surface area contributed by atoms with Crippen LogP contribution in [-0.2, 0) is 20.7 Å². The summed E-state index contributed by atoms with van der Waals surface area (Å²) in [6.45, 7) is 4.90. The van der Waals surface area contributed by atoms with E-state index < -0.39 is 5.97 Å². The van der Waals surface area contributed by atoms with Crippen LogP contribution in [0.1, 0.15) is 42.1 Å². The summed E-state index contributed by atoms with van der Waals surface area (Å²) >= 11 is 0. The number of piperidine rings is 1. The number of amides is 2. The lowest BCUT2D eigenvalue weighted by Gasteiger charge is -2.31. The molecule has 148 valence electrons. The van der Waals surface area contributed by atoms with Gasteiger partial charge < -0.3 is 20.1 Å². The predicted molar refractivity (Wildman–Crippen MR) is 101 cm³/mol. The maximum Gasteiger partial charge on any atom is 0.335 e. The van der Waals surface area contributed by atoms with E-state index in [2.05, 4.69) is 5.32 Å². The molecular formula is C20H28N2O5. The maximum atomic E-state index is 12.5. The summed E-state index contributed by atoms with van der Waals surface area (Å²) in [5.74, 6) is -1.17. The minimum Gasteiger partial charge on any atom is -0.478 e. The molecule has 1 aromatic carbocycles. The Morgan fingerprint density at radius 2 is 1.93 bits per heavy atom. The van der Waals surface area contributed by atoms with Crippen LogP contribution in [0.25, 0.3) is 0 Å². The third-order valence-corrected chi connectivity index (χ3v) is 4.78. The molecule has 2 N–H and O–H groups in total. The lowest BCUT2D eigenvalue weighted by Crippen LogP contribution is -2.43. The first-order valence-corrected chi connectivity index (χ1v) is 9.47. The van der Waals surface area contributed by atoms with Crippen LogP contribution in [0.3, 0.4) is 0 Å². The lowest BCUT2D eigenvalue weighted by atomic mass is 9.95. The number of hydrogen-bond donors (Lipinski definition) is 2. The van der Waals surface area contributed by atoms with Gasteiger partial charge in [0.2, 0.25) is 11.8 Å². The third kappa shape index (κ3) is 6.36. The second-order valence-corrected chi connectivity index (χ2v) is 6.64. The average molecular weight is 376 g/mol. The van der Waals surface area contributed by atoms with Gasteiger partial charge >= 0.3 is 5.97 Å². The van der Waals surface area contributed by atoms with Gasteiger partial charge in [-0.3, -0.25) is 9.59 Å². The molecule has 0 saturated carbocycles. The van der Waals surface area contributed by atoms with E-state index in [1.165, 1.54) is 6.07 Å². The fourth-order valence-corrected chi connectivity index (χ4v) is 3.22. The van der Waals surface area contributed by atoms with Crippen LogP contribution in [0.5, 0.6) is 0 Å². The van der Waals surface area contributed by atoms with E-state index in [1.54, 1.807) is 23.1 Å². The number of likely N-dealkylation sites (tertiary alicyclic amines) is 1. The molecule has 0 unspecified atom stereocenters. The monoisotopic (exact) mass is 376 g/mol. The number of rotatable bonds is 9. The van der Waals surface area contributed by atoms with E-state index in [9.17, 15) is 19.5 Å². The Kier molecular flexibility index (Phi) is 8.26. The molecular weight excluding hydrogens is 348 g/mol. The molecule has 0 aromatic heterocycles. The topological polar surface area (TPSA) is 95.9 Å². The highest BCUT2D eigenvalue weighted by Crippen LogP contribution is 2.19. The van der Waals surface area contributed by atoms with Crippen molar-refractivity contribution in [2.24, 2.45) is 5.92 Å². The van der Waals surface area contributed by atoms with E-state index in [1.807, 2.05) is 6.92 Å². The minimum atomic E-state index is -1.03. The molecule has 27 heavy (non-hydrogen) atoms. The van der Waals surface area contributed by atoms with E-state index in [0.29, 0.717) is 51.3 Å². The van der Waals surface area contributed by atoms with Gasteiger partial charge in [0.1, 0.15) is 0 Å². The summed E-state index contributed by atoms with van der Waals surface area (Å²) in [4.78, 5) is 37.7. The number of carboxylic acids is 1. The molecule has 1 fully saturated rings. The molecule has 2 amide bonds. The Morgan fingerprint density at radius 3 is 2.59 bits per heavy atom. The van der Waals surface area contributed by atoms with Gasteiger partial charge in [0, 0.05) is 38.8 Å². The van der Waals surface area contributed by atoms with Gasteiger partial charge in [-0.15, -0.1) is 0 Å². The van der Waals surface area contributed by atoms with Crippen molar-refractivity contribution in [2.75, 3.05) is 32.8 Å². The van der Waals surface area contributed by atoms with Gasteiger partial charge in [-0.05, 0) is 37.8 Å². The van der Waals surface area contributed by atoms with Gasteiger partial charge in [0.15, 0.2) is 0 Å². The first-order valence-electron chi connectivity index (χ1n) is 9.47. The van der Waals surface area contributed by atoms with Crippen molar-refractivity contribution in [3.8, 4) is 0 Å². The third-order valence-electron chi connectivity index (χ3n) is 4.78. The number of ether oxygens (including phenoxy) is 1. The van der Waals surface area contributed by atoms with E-state index in [4.69, 9.17) is 4.74 Å². The Labute approximate surface area is 159 Å². The number of carbonyl (C=O) groups excluding carboxylic acids is 2. The van der Waals surface area contributed by atoms with Crippen LogP contribution >= 0.6 is 0 Å². The first kappa shape index (κ1) is 20.9. The molecule has 0 aliphatic carbocycles. The van der Waals surface area contributed by atoms with Crippen molar-refractivity contribution in [2.45, 2.75) is 32.6 Å². The van der Waals surface area contributed by atoms with Crippen LogP contribution in [0, 0.1) is 5.92 Å². The Morgan fingerprint density at radius 1 is 1.22 bits per heavy atom. The molecule has 0 radical (unpaired) electrons. The number of nitrogens with zero attached hydrogens (tertiary/aromatic N) is 1. The predicted octanol–water partition coefficient (Wildman–Crippen LogP) is 1.71. The van der Waals surface area contributed by atoms with Crippen LogP contribution in [-0.4, -0.2) is 60.6 Å². The fraction of sp³-hybridized carbons (Fsp3) is 0.550. The SMILES string of the molecule is CCOCCCNC(=O)C1CCN(C(=O)Cc2ccccc2C(=O)O)CC1. The second kappa shape index (κ2) is 10.7. The summed E-state index contributed by atoms with van der Waals surface area (Å²) in [6, 6.07) is 6.56. The van der Waals surface area contributed by atoms with Gasteiger partial charge in [-0.2, -0.15) is 0 Å². The van der Waals surface area contributed by atoms with Crippen molar-refractivity contribution in [1.29, 1.82) is 0 Å². The summed E-state index contributed by atoms with van der Waals surface area (Å²) < 4.78 is 5.24. The minimum absolute atomic E-state index is 0.0369. The Balaban J connectivity index is 1.77. The molecule has 7 nitrogen and oxygen atoms in total. The van der Waals surface area contributed by atoms with Crippen molar-refractivity contribution in [3.63, 3.8) is 0 Å². The normalized spacial score (nSPS) is 14.8. The molecule has 0 bridgehead atoms. The fourth-order valence-electron chi connectivity index (χ4n) is 3.22. The van der Waals surface area contributed by atoms with Gasteiger partial charge in [0.05, 0.1) is 12.0 Å². The van der Waals surface area contributed by atoms with Crippen molar-refractivity contribution in [1.82, 2.24) is 10.2 Å². The van der Waals surface area contributed by atoms with Crippen molar-refractivity contribution in [3.05, 3.63) is 35.4 Å². The molecule has 0 spiro atoms. The lowest BCUT2D eigenvalue weighted by molar-refractivity contribution is -0.135. The van der Waals surface area contributed by atoms with Crippen LogP contribution < -0.4 is 5.32 Å². The van der Waals surface area contributed by atoms with E-state index >= 15 is 0 Å². The van der Waals surface area contributed by atoms with Gasteiger partial charge in [-0.1, -0.05) is 18.2 Å². The molecule has 1 aliphatic heterocycles. The molecule has 1 aromatic rings. The summed E-state index contributed by atoms with van der Waals surface area (Å²) in [6.07, 6.45) is 2.11. The van der Waals surface area contributed by atoms with Gasteiger partial charge in [0.25, 0.3) is 0 Å². The molecule has 2 rings (SSSR count). The van der Waals surface area contributed by atoms with Crippen LogP contribution in [0.15, 0.2) is 24.3 Å². The second-order valence-electron chi connectivity index (χ2n) is 6.64. The number of hydrogen-bond acceptors (Lipinski definition) is 4. The van der Waals surface area contributed by atoms with Crippen molar-refractivity contribution >= 4 is 17.8 Å². The number of carbonyl (C=O) groups is 3. The molecule has 1 aliphatic rings. The highest BCUT2D eigenvalue weighted by atomic mass is 16.5. The largest absolute Gasteiger partial charge is 0.478 e. The summed E-state index contributed by atoms with van der Waals surface area (Å²) in [5, 5.41) is 12.2. The Bertz CT molecular complexity index is 654. The zero-order chi connectivity index (χ0) is 19.6. The summed E-state index contributed by atoms with van der Waals surface area (Å²) in [5.41, 5.74) is 0.677. The molecule has 1 saturated heterocycles. The highest BCUT2D eigenvalue weighted by molar-refractivity contribution is 5.91. The number of nitrogens with one attached hydrogen (secondary N) is 1. The smallest absolute Gasteiger partial charge is 0.335 e. The average Bonchev–Trinajstić information content (AvgIpc) is 2.68. The standard InChI is InChI=1S/C20H28N2O5/c1-2-27-13-5-10-21-19(24)15-8-11-22(12-9-15)18(23)14-16-6-3-4-7-17(16)20(25)26/h3-4,6-7,15H,2,5,8-14H2,1H3,(H,21,24)(H,25,26). The summed E-state index contributed by atoms with van der Waals surface area (Å²) in [7, 11) is 0.